The molecule has 31 heavy (non-hydrogen) atoms. The van der Waals surface area contributed by atoms with Gasteiger partial charge in [0, 0.05) is 17.6 Å². The Morgan fingerprint density at radius 2 is 1.90 bits per heavy atom. The van der Waals surface area contributed by atoms with Crippen LogP contribution in [-0.4, -0.2) is 32.3 Å². The van der Waals surface area contributed by atoms with Crippen molar-refractivity contribution in [3.8, 4) is 0 Å². The highest BCUT2D eigenvalue weighted by Crippen LogP contribution is 2.26. The Bertz CT molecular complexity index is 1120. The minimum Gasteiger partial charge on any atom is -0.342 e. The largest absolute Gasteiger partial charge is 0.342 e. The lowest BCUT2D eigenvalue weighted by Crippen LogP contribution is -2.29. The van der Waals surface area contributed by atoms with Gasteiger partial charge < -0.3 is 15.2 Å². The van der Waals surface area contributed by atoms with Crippen LogP contribution in [0.5, 0.6) is 0 Å². The maximum atomic E-state index is 12.6. The third-order valence-corrected chi connectivity index (χ3v) is 6.10. The second kappa shape index (κ2) is 10.2. The number of amides is 2. The molecule has 2 amide bonds. The van der Waals surface area contributed by atoms with E-state index in [1.807, 2.05) is 32.0 Å². The van der Waals surface area contributed by atoms with E-state index >= 15 is 0 Å². The molecule has 0 radical (unpaired) electrons. The average molecular weight is 478 g/mol. The molecule has 3 rings (SSSR count). The van der Waals surface area contributed by atoms with Crippen LogP contribution in [0.1, 0.15) is 34.7 Å². The highest BCUT2D eigenvalue weighted by atomic mass is 35.5. The molecule has 2 aromatic carbocycles. The highest BCUT2D eigenvalue weighted by molar-refractivity contribution is 7.99. The van der Waals surface area contributed by atoms with Crippen molar-refractivity contribution >= 4 is 52.5 Å². The molecule has 0 bridgehead atoms. The lowest BCUT2D eigenvalue weighted by Gasteiger charge is -2.14. The number of anilines is 1. The molecule has 0 saturated carbocycles. The molecule has 0 aliphatic carbocycles. The van der Waals surface area contributed by atoms with Crippen LogP contribution in [0.25, 0.3) is 0 Å². The lowest BCUT2D eigenvalue weighted by molar-refractivity contribution is -0.113. The summed E-state index contributed by atoms with van der Waals surface area (Å²) in [5, 5.41) is 15.4. The van der Waals surface area contributed by atoms with E-state index in [-0.39, 0.29) is 23.6 Å². The predicted octanol–water partition coefficient (Wildman–Crippen LogP) is 4.65. The molecular weight excluding hydrogens is 457 g/mol. The number of aromatic nitrogens is 3. The summed E-state index contributed by atoms with van der Waals surface area (Å²) in [6, 6.07) is 11.9. The Labute approximate surface area is 194 Å². The van der Waals surface area contributed by atoms with Crippen molar-refractivity contribution in [2.45, 2.75) is 25.0 Å². The standard InChI is InChI=1S/C21H21Cl2N5O2S/c1-12-6-4-5-7-15(12)20(30)24-13(2)19-26-27-21(28(19)3)31-11-18(29)25-17-9-8-14(22)10-16(17)23/h4-10,13H,11H2,1-3H3,(H,24,30)(H,25,29)/t13-/m0/s1. The van der Waals surface area contributed by atoms with E-state index in [9.17, 15) is 9.59 Å². The fourth-order valence-corrected chi connectivity index (χ4v) is 4.08. The molecule has 7 nitrogen and oxygen atoms in total. The second-order valence-electron chi connectivity index (χ2n) is 6.87. The van der Waals surface area contributed by atoms with Gasteiger partial charge in [-0.1, -0.05) is 53.2 Å². The Kier molecular flexibility index (Phi) is 7.59. The number of benzene rings is 2. The van der Waals surface area contributed by atoms with Crippen molar-refractivity contribution < 1.29 is 9.59 Å². The summed E-state index contributed by atoms with van der Waals surface area (Å²) in [6.07, 6.45) is 0. The van der Waals surface area contributed by atoms with Crippen molar-refractivity contribution in [2.75, 3.05) is 11.1 Å². The molecule has 0 saturated heterocycles. The third-order valence-electron chi connectivity index (χ3n) is 4.53. The minimum absolute atomic E-state index is 0.120. The Morgan fingerprint density at radius 1 is 1.16 bits per heavy atom. The van der Waals surface area contributed by atoms with Crippen LogP contribution < -0.4 is 10.6 Å². The van der Waals surface area contributed by atoms with E-state index in [2.05, 4.69) is 20.8 Å². The first-order valence-corrected chi connectivity index (χ1v) is 11.1. The summed E-state index contributed by atoms with van der Waals surface area (Å²) in [7, 11) is 1.79. The summed E-state index contributed by atoms with van der Waals surface area (Å²) in [5.41, 5.74) is 2.00. The Morgan fingerprint density at radius 3 is 2.61 bits per heavy atom. The van der Waals surface area contributed by atoms with Gasteiger partial charge in [0.2, 0.25) is 5.91 Å². The van der Waals surface area contributed by atoms with Gasteiger partial charge in [-0.2, -0.15) is 0 Å². The number of thioether (sulfide) groups is 1. The number of carbonyl (C=O) groups is 2. The molecule has 0 aliphatic rings. The summed E-state index contributed by atoms with van der Waals surface area (Å²) in [4.78, 5) is 24.8. The van der Waals surface area contributed by atoms with Gasteiger partial charge >= 0.3 is 0 Å². The number of hydrogen-bond acceptors (Lipinski definition) is 5. The summed E-state index contributed by atoms with van der Waals surface area (Å²) < 4.78 is 1.76. The molecule has 1 aromatic heterocycles. The van der Waals surface area contributed by atoms with Crippen LogP contribution in [0.2, 0.25) is 10.0 Å². The smallest absolute Gasteiger partial charge is 0.252 e. The highest BCUT2D eigenvalue weighted by Gasteiger charge is 2.19. The van der Waals surface area contributed by atoms with E-state index in [0.29, 0.717) is 32.3 Å². The number of nitrogens with zero attached hydrogens (tertiary/aromatic N) is 3. The first-order chi connectivity index (χ1) is 14.8. The number of aryl methyl sites for hydroxylation is 1. The predicted molar refractivity (Wildman–Crippen MR) is 124 cm³/mol. The monoisotopic (exact) mass is 477 g/mol. The zero-order valence-corrected chi connectivity index (χ0v) is 19.5. The molecule has 0 spiro atoms. The van der Waals surface area contributed by atoms with Crippen molar-refractivity contribution in [2.24, 2.45) is 7.05 Å². The van der Waals surface area contributed by atoms with Crippen molar-refractivity contribution in [1.82, 2.24) is 20.1 Å². The van der Waals surface area contributed by atoms with E-state index in [0.717, 1.165) is 5.56 Å². The van der Waals surface area contributed by atoms with Gasteiger partial charge in [-0.05, 0) is 43.7 Å². The summed E-state index contributed by atoms with van der Waals surface area (Å²) in [5.74, 6) is 0.293. The number of halogens is 2. The van der Waals surface area contributed by atoms with Crippen LogP contribution in [0.4, 0.5) is 5.69 Å². The first kappa shape index (κ1) is 23.1. The zero-order valence-electron chi connectivity index (χ0n) is 17.1. The molecule has 0 aliphatic heterocycles. The van der Waals surface area contributed by atoms with Gasteiger partial charge in [0.15, 0.2) is 11.0 Å². The fourth-order valence-electron chi connectivity index (χ4n) is 2.90. The van der Waals surface area contributed by atoms with Crippen LogP contribution >= 0.6 is 35.0 Å². The van der Waals surface area contributed by atoms with Crippen molar-refractivity contribution in [3.63, 3.8) is 0 Å². The third kappa shape index (κ3) is 5.78. The van der Waals surface area contributed by atoms with E-state index in [1.54, 1.807) is 35.9 Å². The second-order valence-corrected chi connectivity index (χ2v) is 8.66. The van der Waals surface area contributed by atoms with E-state index in [4.69, 9.17) is 23.2 Å². The molecule has 162 valence electrons. The molecule has 3 aromatic rings. The van der Waals surface area contributed by atoms with E-state index in [1.165, 1.54) is 11.8 Å². The van der Waals surface area contributed by atoms with Crippen LogP contribution in [0.3, 0.4) is 0 Å². The van der Waals surface area contributed by atoms with Crippen molar-refractivity contribution in [3.05, 3.63) is 69.5 Å². The van der Waals surface area contributed by atoms with Gasteiger partial charge in [0.25, 0.3) is 5.91 Å². The van der Waals surface area contributed by atoms with Crippen molar-refractivity contribution in [1.29, 1.82) is 0 Å². The number of rotatable bonds is 7. The van der Waals surface area contributed by atoms with Crippen LogP contribution in [0, 0.1) is 6.92 Å². The molecule has 0 fully saturated rings. The molecular formula is C21H21Cl2N5O2S. The lowest BCUT2D eigenvalue weighted by atomic mass is 10.1. The number of carbonyl (C=O) groups excluding carboxylic acids is 2. The SMILES string of the molecule is Cc1ccccc1C(=O)N[C@@H](C)c1nnc(SCC(=O)Nc2ccc(Cl)cc2Cl)n1C. The fraction of sp³-hybridized carbons (Fsp3) is 0.238. The minimum atomic E-state index is -0.361. The zero-order chi connectivity index (χ0) is 22.5. The van der Waals surface area contributed by atoms with Gasteiger partial charge in [-0.25, -0.2) is 0 Å². The molecule has 1 heterocycles. The van der Waals surface area contributed by atoms with Crippen LogP contribution in [-0.2, 0) is 11.8 Å². The average Bonchev–Trinajstić information content (AvgIpc) is 3.09. The summed E-state index contributed by atoms with van der Waals surface area (Å²) >= 11 is 13.2. The normalized spacial score (nSPS) is 11.8. The Hall–Kier alpha value is -2.55. The van der Waals surface area contributed by atoms with Gasteiger partial charge in [-0.3, -0.25) is 9.59 Å². The quantitative estimate of drug-likeness (QED) is 0.483. The van der Waals surface area contributed by atoms with Gasteiger partial charge in [0.05, 0.1) is 22.5 Å². The van der Waals surface area contributed by atoms with Gasteiger partial charge in [-0.15, -0.1) is 10.2 Å². The maximum Gasteiger partial charge on any atom is 0.252 e. The number of hydrogen-bond donors (Lipinski definition) is 2. The topological polar surface area (TPSA) is 88.9 Å². The Balaban J connectivity index is 1.59. The van der Waals surface area contributed by atoms with E-state index < -0.39 is 0 Å². The summed E-state index contributed by atoms with van der Waals surface area (Å²) in [6.45, 7) is 3.72. The molecule has 2 N–H and O–H groups in total. The first-order valence-electron chi connectivity index (χ1n) is 9.39. The molecule has 0 unspecified atom stereocenters. The van der Waals surface area contributed by atoms with Gasteiger partial charge in [0.1, 0.15) is 0 Å². The number of nitrogens with one attached hydrogen (secondary N) is 2. The molecule has 1 atom stereocenters. The van der Waals surface area contributed by atoms with Crippen LogP contribution in [0.15, 0.2) is 47.6 Å². The maximum absolute atomic E-state index is 12.6. The molecule has 10 heteroatoms.